The number of pyridine rings is 1. The van der Waals surface area contributed by atoms with Crippen LogP contribution in [0.2, 0.25) is 0 Å². The lowest BCUT2D eigenvalue weighted by Gasteiger charge is -2.42. The third-order valence-corrected chi connectivity index (χ3v) is 2.91. The van der Waals surface area contributed by atoms with Crippen molar-refractivity contribution in [3.05, 3.63) is 28.5 Å². The maximum atomic E-state index is 9.20. The topological polar surface area (TPSA) is 59.1 Å². The largest absolute Gasteiger partial charge is 0.393 e. The third-order valence-electron chi connectivity index (χ3n) is 2.48. The zero-order chi connectivity index (χ0) is 9.47. The summed E-state index contributed by atoms with van der Waals surface area (Å²) in [5.74, 6) is 0. The second kappa shape index (κ2) is 3.04. The summed E-state index contributed by atoms with van der Waals surface area (Å²) in [5.41, 5.74) is 6.69. The fourth-order valence-electron chi connectivity index (χ4n) is 1.70. The van der Waals surface area contributed by atoms with Gasteiger partial charge >= 0.3 is 0 Å². The fourth-order valence-corrected chi connectivity index (χ4v) is 2.07. The number of nitrogens with zero attached hydrogens (tertiary/aromatic N) is 1. The number of halogens is 1. The van der Waals surface area contributed by atoms with E-state index in [-0.39, 0.29) is 11.6 Å². The summed E-state index contributed by atoms with van der Waals surface area (Å²) in [6.45, 7) is 0. The Morgan fingerprint density at radius 2 is 2.23 bits per heavy atom. The Balaban J connectivity index is 2.26. The van der Waals surface area contributed by atoms with Crippen LogP contribution in [-0.4, -0.2) is 16.2 Å². The summed E-state index contributed by atoms with van der Waals surface area (Å²) >= 11 is 3.34. The lowest BCUT2D eigenvalue weighted by molar-refractivity contribution is 0.0207. The summed E-state index contributed by atoms with van der Waals surface area (Å²) in [7, 11) is 0. The van der Waals surface area contributed by atoms with Gasteiger partial charge in [0.1, 0.15) is 0 Å². The van der Waals surface area contributed by atoms with Crippen LogP contribution in [-0.2, 0) is 5.54 Å². The van der Waals surface area contributed by atoms with Crippen molar-refractivity contribution in [1.82, 2.24) is 4.98 Å². The van der Waals surface area contributed by atoms with Crippen LogP contribution in [0, 0.1) is 0 Å². The van der Waals surface area contributed by atoms with Crippen molar-refractivity contribution in [2.24, 2.45) is 5.73 Å². The summed E-state index contributed by atoms with van der Waals surface area (Å²) in [4.78, 5) is 4.05. The van der Waals surface area contributed by atoms with Gasteiger partial charge in [0.2, 0.25) is 0 Å². The van der Waals surface area contributed by atoms with Crippen LogP contribution < -0.4 is 5.73 Å². The molecule has 0 spiro atoms. The Morgan fingerprint density at radius 1 is 1.54 bits per heavy atom. The van der Waals surface area contributed by atoms with Crippen molar-refractivity contribution in [3.63, 3.8) is 0 Å². The van der Waals surface area contributed by atoms with Crippen molar-refractivity contribution >= 4 is 15.9 Å². The molecule has 0 atom stereocenters. The van der Waals surface area contributed by atoms with Gasteiger partial charge in [-0.25, -0.2) is 0 Å². The van der Waals surface area contributed by atoms with Crippen LogP contribution in [0.15, 0.2) is 22.9 Å². The minimum atomic E-state index is -0.365. The minimum Gasteiger partial charge on any atom is -0.393 e. The monoisotopic (exact) mass is 242 g/mol. The molecular formula is C9H11BrN2O. The molecule has 0 amide bonds. The molecule has 1 fully saturated rings. The predicted octanol–water partition coefficient (Wildman–Crippen LogP) is 1.15. The van der Waals surface area contributed by atoms with Gasteiger partial charge in [-0.1, -0.05) is 0 Å². The minimum absolute atomic E-state index is 0.246. The molecule has 13 heavy (non-hydrogen) atoms. The van der Waals surface area contributed by atoms with Crippen LogP contribution in [0.25, 0.3) is 0 Å². The first-order valence-electron chi connectivity index (χ1n) is 4.18. The average Bonchev–Trinajstić information content (AvgIpc) is 2.02. The number of nitrogens with two attached hydrogens (primary N) is 1. The quantitative estimate of drug-likeness (QED) is 0.777. The number of hydrogen-bond acceptors (Lipinski definition) is 3. The van der Waals surface area contributed by atoms with Crippen molar-refractivity contribution < 1.29 is 5.11 Å². The van der Waals surface area contributed by atoms with Gasteiger partial charge in [0.05, 0.1) is 6.10 Å². The highest BCUT2D eigenvalue weighted by Gasteiger charge is 2.41. The summed E-state index contributed by atoms with van der Waals surface area (Å²) in [6, 6.07) is 1.96. The maximum absolute atomic E-state index is 9.20. The normalized spacial score (nSPS) is 32.7. The number of hydrogen-bond donors (Lipinski definition) is 2. The van der Waals surface area contributed by atoms with Crippen LogP contribution in [0.5, 0.6) is 0 Å². The number of rotatable bonds is 1. The van der Waals surface area contributed by atoms with E-state index in [9.17, 15) is 5.11 Å². The molecule has 3 nitrogen and oxygen atoms in total. The van der Waals surface area contributed by atoms with E-state index >= 15 is 0 Å². The van der Waals surface area contributed by atoms with E-state index in [1.54, 1.807) is 12.4 Å². The SMILES string of the molecule is NC1(c2cncc(Br)c2)CC(O)C1. The van der Waals surface area contributed by atoms with Crippen LogP contribution in [0.4, 0.5) is 0 Å². The first kappa shape index (κ1) is 9.12. The van der Waals surface area contributed by atoms with Gasteiger partial charge in [0, 0.05) is 22.4 Å². The molecule has 2 rings (SSSR count). The van der Waals surface area contributed by atoms with E-state index in [2.05, 4.69) is 20.9 Å². The van der Waals surface area contributed by atoms with E-state index in [1.807, 2.05) is 6.07 Å². The highest BCUT2D eigenvalue weighted by Crippen LogP contribution is 2.39. The molecule has 0 saturated heterocycles. The molecule has 4 heteroatoms. The summed E-state index contributed by atoms with van der Waals surface area (Å²) in [6.07, 6.45) is 4.50. The Bertz CT molecular complexity index is 323. The lowest BCUT2D eigenvalue weighted by Crippen LogP contribution is -2.51. The number of aliphatic hydroxyl groups is 1. The molecule has 70 valence electrons. The van der Waals surface area contributed by atoms with E-state index in [0.29, 0.717) is 12.8 Å². The molecule has 0 aliphatic heterocycles. The average molecular weight is 243 g/mol. The molecule has 0 bridgehead atoms. The van der Waals surface area contributed by atoms with Crippen LogP contribution in [0.3, 0.4) is 0 Å². The smallest absolute Gasteiger partial charge is 0.0582 e. The molecule has 1 heterocycles. The Morgan fingerprint density at radius 3 is 2.77 bits per heavy atom. The van der Waals surface area contributed by atoms with E-state index < -0.39 is 0 Å². The van der Waals surface area contributed by atoms with Gasteiger partial charge in [0.15, 0.2) is 0 Å². The van der Waals surface area contributed by atoms with Gasteiger partial charge in [-0.05, 0) is 40.4 Å². The fraction of sp³-hybridized carbons (Fsp3) is 0.444. The molecule has 1 aliphatic carbocycles. The molecular weight excluding hydrogens is 232 g/mol. The molecule has 3 N–H and O–H groups in total. The summed E-state index contributed by atoms with van der Waals surface area (Å²) in [5, 5.41) is 9.20. The third kappa shape index (κ3) is 1.61. The van der Waals surface area contributed by atoms with Crippen molar-refractivity contribution in [3.8, 4) is 0 Å². The van der Waals surface area contributed by atoms with Crippen molar-refractivity contribution in [2.75, 3.05) is 0 Å². The van der Waals surface area contributed by atoms with Gasteiger partial charge < -0.3 is 10.8 Å². The highest BCUT2D eigenvalue weighted by molar-refractivity contribution is 9.10. The first-order valence-corrected chi connectivity index (χ1v) is 4.97. The highest BCUT2D eigenvalue weighted by atomic mass is 79.9. The second-order valence-electron chi connectivity index (χ2n) is 3.61. The molecule has 0 radical (unpaired) electrons. The Hall–Kier alpha value is -0.450. The van der Waals surface area contributed by atoms with E-state index in [1.165, 1.54) is 0 Å². The van der Waals surface area contributed by atoms with E-state index in [0.717, 1.165) is 10.0 Å². The molecule has 0 aromatic carbocycles. The lowest BCUT2D eigenvalue weighted by atomic mass is 9.71. The standard InChI is InChI=1S/C9H11BrN2O/c10-7-1-6(4-12-5-7)9(11)2-8(13)3-9/h1,4-5,8,13H,2-3,11H2. The molecule has 0 unspecified atom stereocenters. The second-order valence-corrected chi connectivity index (χ2v) is 4.53. The number of aromatic nitrogens is 1. The molecule has 1 saturated carbocycles. The Labute approximate surface area is 85.1 Å². The van der Waals surface area contributed by atoms with Gasteiger partial charge in [0.25, 0.3) is 0 Å². The predicted molar refractivity (Wildman–Crippen MR) is 53.0 cm³/mol. The Kier molecular flexibility index (Phi) is 2.14. The van der Waals surface area contributed by atoms with Crippen LogP contribution in [0.1, 0.15) is 18.4 Å². The van der Waals surface area contributed by atoms with E-state index in [4.69, 9.17) is 5.73 Å². The van der Waals surface area contributed by atoms with Crippen molar-refractivity contribution in [1.29, 1.82) is 0 Å². The van der Waals surface area contributed by atoms with Crippen molar-refractivity contribution in [2.45, 2.75) is 24.5 Å². The molecule has 1 aliphatic rings. The number of aliphatic hydroxyl groups excluding tert-OH is 1. The molecule has 1 aromatic rings. The van der Waals surface area contributed by atoms with Gasteiger partial charge in [-0.15, -0.1) is 0 Å². The zero-order valence-electron chi connectivity index (χ0n) is 7.07. The van der Waals surface area contributed by atoms with Crippen LogP contribution >= 0.6 is 15.9 Å². The molecule has 1 aromatic heterocycles. The summed E-state index contributed by atoms with van der Waals surface area (Å²) < 4.78 is 0.927. The zero-order valence-corrected chi connectivity index (χ0v) is 8.66. The maximum Gasteiger partial charge on any atom is 0.0582 e. The van der Waals surface area contributed by atoms with Gasteiger partial charge in [-0.3, -0.25) is 4.98 Å². The first-order chi connectivity index (χ1) is 6.10. The van der Waals surface area contributed by atoms with Gasteiger partial charge in [-0.2, -0.15) is 0 Å².